The summed E-state index contributed by atoms with van der Waals surface area (Å²) >= 11 is 3.07. The van der Waals surface area contributed by atoms with Crippen molar-refractivity contribution in [2.75, 3.05) is 7.05 Å². The van der Waals surface area contributed by atoms with Crippen LogP contribution in [0, 0.1) is 0 Å². The van der Waals surface area contributed by atoms with Gasteiger partial charge < -0.3 is 5.32 Å². The van der Waals surface area contributed by atoms with E-state index in [2.05, 4.69) is 31.6 Å². The van der Waals surface area contributed by atoms with Gasteiger partial charge in [-0.3, -0.25) is 0 Å². The van der Waals surface area contributed by atoms with Gasteiger partial charge in [0.1, 0.15) is 0 Å². The van der Waals surface area contributed by atoms with Gasteiger partial charge in [-0.2, -0.15) is 13.2 Å². The first-order valence-electron chi connectivity index (χ1n) is 5.34. The molecule has 1 heterocycles. The lowest BCUT2D eigenvalue weighted by Crippen LogP contribution is -2.07. The largest absolute Gasteiger partial charge is 0.416 e. The van der Waals surface area contributed by atoms with Gasteiger partial charge in [-0.1, -0.05) is 21.1 Å². The third-order valence-electron chi connectivity index (χ3n) is 2.37. The first-order chi connectivity index (χ1) is 8.90. The predicted octanol–water partition coefficient (Wildman–Crippen LogP) is 2.77. The van der Waals surface area contributed by atoms with Crippen LogP contribution in [0.2, 0.25) is 0 Å². The van der Waals surface area contributed by atoms with Crippen molar-refractivity contribution in [1.82, 2.24) is 20.3 Å². The predicted molar refractivity (Wildman–Crippen MR) is 66.8 cm³/mol. The highest BCUT2D eigenvalue weighted by molar-refractivity contribution is 9.10. The van der Waals surface area contributed by atoms with Crippen molar-refractivity contribution < 1.29 is 13.2 Å². The van der Waals surface area contributed by atoms with Crippen LogP contribution in [0.15, 0.2) is 28.9 Å². The minimum absolute atomic E-state index is 0.302. The Hall–Kier alpha value is -1.41. The van der Waals surface area contributed by atoms with Crippen molar-refractivity contribution in [3.8, 4) is 5.69 Å². The molecule has 102 valence electrons. The minimum atomic E-state index is -4.40. The smallest absolute Gasteiger partial charge is 0.314 e. The summed E-state index contributed by atoms with van der Waals surface area (Å²) in [6, 6.07) is 3.60. The van der Waals surface area contributed by atoms with Crippen molar-refractivity contribution in [2.24, 2.45) is 0 Å². The van der Waals surface area contributed by atoms with Gasteiger partial charge in [0.15, 0.2) is 0 Å². The molecule has 0 amide bonds. The van der Waals surface area contributed by atoms with Gasteiger partial charge in [-0.05, 0) is 25.2 Å². The topological polar surface area (TPSA) is 42.7 Å². The lowest BCUT2D eigenvalue weighted by molar-refractivity contribution is -0.137. The summed E-state index contributed by atoms with van der Waals surface area (Å²) < 4.78 is 39.8. The number of hydrogen-bond donors (Lipinski definition) is 1. The lowest BCUT2D eigenvalue weighted by Gasteiger charge is -2.09. The SMILES string of the molecule is CNCc1cn(-c2cc(Br)cc(C(F)(F)F)c2)nn1. The Morgan fingerprint density at radius 2 is 2.05 bits per heavy atom. The summed E-state index contributed by atoms with van der Waals surface area (Å²) in [5, 5.41) is 10.6. The molecule has 4 nitrogen and oxygen atoms in total. The van der Waals surface area contributed by atoms with Crippen molar-refractivity contribution in [2.45, 2.75) is 12.7 Å². The average molecular weight is 335 g/mol. The maximum Gasteiger partial charge on any atom is 0.416 e. The molecule has 1 N–H and O–H groups in total. The van der Waals surface area contributed by atoms with Crippen LogP contribution in [0.5, 0.6) is 0 Å². The highest BCUT2D eigenvalue weighted by Gasteiger charge is 2.31. The molecule has 0 spiro atoms. The zero-order chi connectivity index (χ0) is 14.0. The van der Waals surface area contributed by atoms with Crippen LogP contribution in [-0.2, 0) is 12.7 Å². The normalized spacial score (nSPS) is 11.8. The molecule has 2 aromatic rings. The van der Waals surface area contributed by atoms with Crippen molar-refractivity contribution in [3.63, 3.8) is 0 Å². The van der Waals surface area contributed by atoms with Crippen molar-refractivity contribution in [1.29, 1.82) is 0 Å². The highest BCUT2D eigenvalue weighted by atomic mass is 79.9. The quantitative estimate of drug-likeness (QED) is 0.938. The Morgan fingerprint density at radius 1 is 1.32 bits per heavy atom. The van der Waals surface area contributed by atoms with Gasteiger partial charge in [-0.15, -0.1) is 5.10 Å². The van der Waals surface area contributed by atoms with Gasteiger partial charge >= 0.3 is 6.18 Å². The Morgan fingerprint density at radius 3 is 2.68 bits per heavy atom. The molecule has 0 aliphatic rings. The Bertz CT molecular complexity index is 580. The molecule has 0 bridgehead atoms. The number of halogens is 4. The van der Waals surface area contributed by atoms with E-state index in [0.717, 1.165) is 12.1 Å². The molecule has 2 rings (SSSR count). The lowest BCUT2D eigenvalue weighted by atomic mass is 10.2. The molecule has 0 radical (unpaired) electrons. The van der Waals surface area contributed by atoms with E-state index >= 15 is 0 Å². The Labute approximate surface area is 115 Å². The van der Waals surface area contributed by atoms with E-state index in [1.807, 2.05) is 0 Å². The number of alkyl halides is 3. The highest BCUT2D eigenvalue weighted by Crippen LogP contribution is 2.32. The average Bonchev–Trinajstić information content (AvgIpc) is 2.76. The summed E-state index contributed by atoms with van der Waals surface area (Å²) in [5.74, 6) is 0. The molecule has 1 aromatic carbocycles. The van der Waals surface area contributed by atoms with E-state index in [1.54, 1.807) is 19.3 Å². The van der Waals surface area contributed by atoms with Crippen LogP contribution in [0.3, 0.4) is 0 Å². The summed E-state index contributed by atoms with van der Waals surface area (Å²) in [7, 11) is 1.75. The van der Waals surface area contributed by atoms with Crippen molar-refractivity contribution >= 4 is 15.9 Å². The van der Waals surface area contributed by atoms with Gasteiger partial charge in [0.25, 0.3) is 0 Å². The molecule has 0 saturated carbocycles. The fourth-order valence-electron chi connectivity index (χ4n) is 1.56. The fraction of sp³-hybridized carbons (Fsp3) is 0.273. The van der Waals surface area contributed by atoms with Gasteiger partial charge in [-0.25, -0.2) is 4.68 Å². The maximum atomic E-state index is 12.7. The second kappa shape index (κ2) is 5.30. The van der Waals surface area contributed by atoms with Crippen molar-refractivity contribution in [3.05, 3.63) is 40.1 Å². The third kappa shape index (κ3) is 3.32. The van der Waals surface area contributed by atoms with Gasteiger partial charge in [0.2, 0.25) is 0 Å². The zero-order valence-electron chi connectivity index (χ0n) is 9.87. The van der Waals surface area contributed by atoms with Crippen LogP contribution in [0.25, 0.3) is 5.69 Å². The van der Waals surface area contributed by atoms with Crippen LogP contribution in [0.1, 0.15) is 11.3 Å². The van der Waals surface area contributed by atoms with E-state index in [9.17, 15) is 13.2 Å². The third-order valence-corrected chi connectivity index (χ3v) is 2.83. The molecule has 0 aliphatic heterocycles. The number of hydrogen-bond acceptors (Lipinski definition) is 3. The molecule has 1 aromatic heterocycles. The number of nitrogens with one attached hydrogen (secondary N) is 1. The van der Waals surface area contributed by atoms with Gasteiger partial charge in [0.05, 0.1) is 23.1 Å². The molecule has 0 fully saturated rings. The standard InChI is InChI=1S/C11H10BrF3N4/c1-16-5-9-6-19(18-17-9)10-3-7(11(13,14)15)2-8(12)4-10/h2-4,6,16H,5H2,1H3. The summed E-state index contributed by atoms with van der Waals surface area (Å²) in [4.78, 5) is 0. The number of rotatable bonds is 3. The maximum absolute atomic E-state index is 12.7. The molecular formula is C11H10BrF3N4. The second-order valence-corrected chi connectivity index (χ2v) is 4.80. The van der Waals surface area contributed by atoms with E-state index in [-0.39, 0.29) is 0 Å². The van der Waals surface area contributed by atoms with E-state index in [1.165, 1.54) is 4.68 Å². The summed E-state index contributed by atoms with van der Waals surface area (Å²) in [5.41, 5.74) is 0.218. The Balaban J connectivity index is 2.41. The Kier molecular flexibility index (Phi) is 3.91. The molecule has 0 saturated heterocycles. The summed E-state index contributed by atoms with van der Waals surface area (Å²) in [6.45, 7) is 0.500. The van der Waals surface area contributed by atoms with Crippen LogP contribution in [-0.4, -0.2) is 22.0 Å². The molecule has 19 heavy (non-hydrogen) atoms. The molecule has 0 atom stereocenters. The minimum Gasteiger partial charge on any atom is -0.314 e. The van der Waals surface area contributed by atoms with Crippen LogP contribution in [0.4, 0.5) is 13.2 Å². The van der Waals surface area contributed by atoms with E-state index < -0.39 is 11.7 Å². The molecule has 0 unspecified atom stereocenters. The van der Waals surface area contributed by atoms with E-state index in [4.69, 9.17) is 0 Å². The molecular weight excluding hydrogens is 325 g/mol. The first-order valence-corrected chi connectivity index (χ1v) is 6.13. The molecule has 8 heteroatoms. The zero-order valence-corrected chi connectivity index (χ0v) is 11.5. The monoisotopic (exact) mass is 334 g/mol. The molecule has 0 aliphatic carbocycles. The fourth-order valence-corrected chi connectivity index (χ4v) is 2.04. The number of benzene rings is 1. The van der Waals surface area contributed by atoms with Crippen LogP contribution < -0.4 is 5.32 Å². The summed E-state index contributed by atoms with van der Waals surface area (Å²) in [6.07, 6.45) is -2.81. The van der Waals surface area contributed by atoms with Crippen LogP contribution >= 0.6 is 15.9 Å². The number of aromatic nitrogens is 3. The number of nitrogens with zero attached hydrogens (tertiary/aromatic N) is 3. The van der Waals surface area contributed by atoms with Gasteiger partial charge in [0, 0.05) is 11.0 Å². The first kappa shape index (κ1) is 14.0. The second-order valence-electron chi connectivity index (χ2n) is 3.88. The van der Waals surface area contributed by atoms with E-state index in [0.29, 0.717) is 22.4 Å².